The van der Waals surface area contributed by atoms with Gasteiger partial charge >= 0.3 is 0 Å². The topological polar surface area (TPSA) is 73.9 Å². The quantitative estimate of drug-likeness (QED) is 0.696. The Labute approximate surface area is 182 Å². The third-order valence-electron chi connectivity index (χ3n) is 7.28. The monoisotopic (exact) mass is 434 g/mol. The van der Waals surface area contributed by atoms with Gasteiger partial charge in [0.05, 0.1) is 19.8 Å². The van der Waals surface area contributed by atoms with Gasteiger partial charge < -0.3 is 19.3 Å². The van der Waals surface area contributed by atoms with E-state index in [2.05, 4.69) is 10.2 Å². The van der Waals surface area contributed by atoms with Crippen molar-refractivity contribution >= 4 is 17.1 Å². The van der Waals surface area contributed by atoms with Crippen LogP contribution in [0.15, 0.2) is 17.0 Å². The summed E-state index contributed by atoms with van der Waals surface area (Å²) in [5.41, 5.74) is 0.413. The molecule has 1 amide bonds. The van der Waals surface area contributed by atoms with Gasteiger partial charge in [-0.15, -0.1) is 0 Å². The number of nitrogens with zero attached hydrogens (tertiary/aromatic N) is 1. The summed E-state index contributed by atoms with van der Waals surface area (Å²) in [5, 5.41) is 3.21. The summed E-state index contributed by atoms with van der Waals surface area (Å²) in [5.74, 6) is 2.43. The predicted molar refractivity (Wildman–Crippen MR) is 118 cm³/mol. The zero-order valence-corrected chi connectivity index (χ0v) is 19.1. The fourth-order valence-electron chi connectivity index (χ4n) is 5.95. The van der Waals surface area contributed by atoms with Gasteiger partial charge in [0.25, 0.3) is 5.91 Å². The lowest BCUT2D eigenvalue weighted by molar-refractivity contribution is 0.0346. The Morgan fingerprint density at radius 1 is 1.07 bits per heavy atom. The molecule has 2 unspecified atom stereocenters. The van der Waals surface area contributed by atoms with E-state index in [9.17, 15) is 9.35 Å². The number of likely N-dealkylation sites (tertiary alicyclic amines) is 1. The molecule has 1 aromatic carbocycles. The first-order chi connectivity index (χ1) is 14.5. The van der Waals surface area contributed by atoms with Gasteiger partial charge in [0.2, 0.25) is 0 Å². The molecule has 1 N–H and O–H groups in total. The zero-order chi connectivity index (χ0) is 21.3. The highest BCUT2D eigenvalue weighted by Gasteiger charge is 2.42. The van der Waals surface area contributed by atoms with Gasteiger partial charge in [-0.2, -0.15) is 0 Å². The number of carbonyl (C=O) groups excluding carboxylic acids is 1. The summed E-state index contributed by atoms with van der Waals surface area (Å²) < 4.78 is 22.9. The molecule has 0 spiro atoms. The van der Waals surface area contributed by atoms with E-state index in [-0.39, 0.29) is 11.9 Å². The van der Waals surface area contributed by atoms with Crippen molar-refractivity contribution in [2.75, 3.05) is 33.6 Å². The average molecular weight is 435 g/mol. The van der Waals surface area contributed by atoms with E-state index in [0.29, 0.717) is 28.0 Å². The number of ether oxygens (including phenoxy) is 2. The van der Waals surface area contributed by atoms with E-state index in [1.165, 1.54) is 52.7 Å². The SMILES string of the molecule is COc1cc(OC)c([S+](C)[O-])cc1C(=O)NC1CCN(C2C3CCCC2CCC3)C1. The zero-order valence-electron chi connectivity index (χ0n) is 18.3. The number of carbonyl (C=O) groups is 1. The molecular weight excluding hydrogens is 400 g/mol. The van der Waals surface area contributed by atoms with Gasteiger partial charge in [0.1, 0.15) is 12.0 Å². The molecule has 2 bridgehead atoms. The van der Waals surface area contributed by atoms with Gasteiger partial charge in [0.15, 0.2) is 10.6 Å². The predicted octanol–water partition coefficient (Wildman–Crippen LogP) is 3.21. The van der Waals surface area contributed by atoms with E-state index >= 15 is 0 Å². The number of nitrogens with one attached hydrogen (secondary N) is 1. The maximum Gasteiger partial charge on any atom is 0.255 e. The number of hydrogen-bond acceptors (Lipinski definition) is 5. The van der Waals surface area contributed by atoms with Crippen molar-refractivity contribution in [2.24, 2.45) is 11.8 Å². The van der Waals surface area contributed by atoms with Crippen LogP contribution in [0.2, 0.25) is 0 Å². The molecule has 30 heavy (non-hydrogen) atoms. The molecule has 0 radical (unpaired) electrons. The lowest BCUT2D eigenvalue weighted by Gasteiger charge is -2.47. The normalized spacial score (nSPS) is 30.0. The van der Waals surface area contributed by atoms with Crippen molar-refractivity contribution in [3.63, 3.8) is 0 Å². The first-order valence-electron chi connectivity index (χ1n) is 11.2. The van der Waals surface area contributed by atoms with Gasteiger partial charge in [-0.3, -0.25) is 9.69 Å². The molecule has 3 fully saturated rings. The largest absolute Gasteiger partial charge is 0.612 e. The van der Waals surface area contributed by atoms with Gasteiger partial charge in [-0.05, 0) is 55.1 Å². The molecule has 2 aliphatic carbocycles. The van der Waals surface area contributed by atoms with Crippen LogP contribution in [0.1, 0.15) is 55.3 Å². The highest BCUT2D eigenvalue weighted by molar-refractivity contribution is 7.90. The van der Waals surface area contributed by atoms with Crippen LogP contribution in [0.25, 0.3) is 0 Å². The summed E-state index contributed by atoms with van der Waals surface area (Å²) in [6, 6.07) is 4.14. The van der Waals surface area contributed by atoms with Crippen molar-refractivity contribution in [1.82, 2.24) is 10.2 Å². The lowest BCUT2D eigenvalue weighted by atomic mass is 9.68. The minimum atomic E-state index is -1.26. The van der Waals surface area contributed by atoms with Crippen LogP contribution in [-0.4, -0.2) is 61.0 Å². The summed E-state index contributed by atoms with van der Waals surface area (Å²) in [7, 11) is 3.06. The van der Waals surface area contributed by atoms with E-state index in [4.69, 9.17) is 9.47 Å². The van der Waals surface area contributed by atoms with Crippen molar-refractivity contribution in [3.05, 3.63) is 17.7 Å². The van der Waals surface area contributed by atoms with Gasteiger partial charge in [0, 0.05) is 37.3 Å². The number of rotatable bonds is 6. The van der Waals surface area contributed by atoms with E-state index in [0.717, 1.165) is 31.3 Å². The lowest BCUT2D eigenvalue weighted by Crippen LogP contribution is -2.50. The number of fused-ring (bicyclic) bond motifs is 2. The Balaban J connectivity index is 1.45. The van der Waals surface area contributed by atoms with E-state index in [1.807, 2.05) is 0 Å². The molecule has 7 heteroatoms. The molecule has 0 aromatic heterocycles. The molecule has 1 saturated heterocycles. The third kappa shape index (κ3) is 4.30. The molecule has 166 valence electrons. The molecule has 2 atom stereocenters. The molecule has 4 rings (SSSR count). The average Bonchev–Trinajstić information content (AvgIpc) is 3.20. The Hall–Kier alpha value is -1.44. The first kappa shape index (κ1) is 21.8. The Bertz CT molecular complexity index is 750. The van der Waals surface area contributed by atoms with Gasteiger partial charge in [-0.1, -0.05) is 12.8 Å². The third-order valence-corrected chi connectivity index (χ3v) is 8.22. The van der Waals surface area contributed by atoms with Crippen LogP contribution in [0.3, 0.4) is 0 Å². The molecular formula is C23H34N2O4S. The van der Waals surface area contributed by atoms with Crippen LogP contribution in [0.4, 0.5) is 0 Å². The number of amides is 1. The molecule has 3 aliphatic rings. The van der Waals surface area contributed by atoms with Crippen LogP contribution < -0.4 is 14.8 Å². The highest BCUT2D eigenvalue weighted by Crippen LogP contribution is 2.43. The second kappa shape index (κ2) is 9.37. The highest BCUT2D eigenvalue weighted by atomic mass is 32.2. The summed E-state index contributed by atoms with van der Waals surface area (Å²) in [6.45, 7) is 1.99. The second-order valence-corrected chi connectivity index (χ2v) is 10.3. The van der Waals surface area contributed by atoms with Crippen molar-refractivity contribution in [3.8, 4) is 11.5 Å². The first-order valence-corrected chi connectivity index (χ1v) is 12.7. The van der Waals surface area contributed by atoms with Crippen molar-refractivity contribution in [2.45, 2.75) is 61.9 Å². The van der Waals surface area contributed by atoms with Crippen molar-refractivity contribution in [1.29, 1.82) is 0 Å². The number of benzene rings is 1. The molecule has 2 saturated carbocycles. The van der Waals surface area contributed by atoms with Crippen LogP contribution in [-0.2, 0) is 11.2 Å². The van der Waals surface area contributed by atoms with Crippen LogP contribution >= 0.6 is 0 Å². The fraction of sp³-hybridized carbons (Fsp3) is 0.696. The fourth-order valence-corrected chi connectivity index (χ4v) is 6.66. The van der Waals surface area contributed by atoms with Crippen LogP contribution in [0, 0.1) is 11.8 Å². The number of methoxy groups -OCH3 is 2. The second-order valence-electron chi connectivity index (χ2n) is 8.98. The summed E-state index contributed by atoms with van der Waals surface area (Å²) in [4.78, 5) is 16.2. The smallest absolute Gasteiger partial charge is 0.255 e. The molecule has 6 nitrogen and oxygen atoms in total. The Kier molecular flexibility index (Phi) is 6.80. The summed E-state index contributed by atoms with van der Waals surface area (Å²) in [6.07, 6.45) is 10.8. The van der Waals surface area contributed by atoms with E-state index in [1.54, 1.807) is 18.4 Å². The van der Waals surface area contributed by atoms with E-state index < -0.39 is 11.2 Å². The Morgan fingerprint density at radius 2 is 1.70 bits per heavy atom. The van der Waals surface area contributed by atoms with Crippen LogP contribution in [0.5, 0.6) is 11.5 Å². The Morgan fingerprint density at radius 3 is 2.27 bits per heavy atom. The molecule has 1 heterocycles. The molecule has 1 aromatic rings. The van der Waals surface area contributed by atoms with Crippen molar-refractivity contribution < 1.29 is 18.8 Å². The maximum atomic E-state index is 13.1. The maximum absolute atomic E-state index is 13.1. The summed E-state index contributed by atoms with van der Waals surface area (Å²) >= 11 is -1.26. The molecule has 1 aliphatic heterocycles. The van der Waals surface area contributed by atoms with Gasteiger partial charge in [-0.25, -0.2) is 0 Å². The standard InChI is InChI=1S/C23H34N2O4S/c1-28-19-13-20(29-2)21(30(3)27)12-18(19)23(26)24-17-10-11-25(14-17)22-15-6-4-7-16(22)9-5-8-15/h12-13,15-17,22H,4-11,14H2,1-3H3,(H,24,26). The number of hydrogen-bond donors (Lipinski definition) is 1. The minimum Gasteiger partial charge on any atom is -0.612 e. The minimum absolute atomic E-state index is 0.141.